The van der Waals surface area contributed by atoms with Crippen LogP contribution in [0.4, 0.5) is 5.69 Å². The molecule has 4 rings (SSSR count). The molecule has 0 aromatic heterocycles. The summed E-state index contributed by atoms with van der Waals surface area (Å²) in [6.45, 7) is 0. The summed E-state index contributed by atoms with van der Waals surface area (Å²) in [5.74, 6) is -0.538. The highest BCUT2D eigenvalue weighted by molar-refractivity contribution is 8.15. The second kappa shape index (κ2) is 9.51. The van der Waals surface area contributed by atoms with Crippen LogP contribution in [0.25, 0.3) is 0 Å². The van der Waals surface area contributed by atoms with Crippen molar-refractivity contribution < 1.29 is 29.1 Å². The van der Waals surface area contributed by atoms with Crippen LogP contribution in [-0.4, -0.2) is 57.3 Å². The van der Waals surface area contributed by atoms with Crippen molar-refractivity contribution in [2.24, 2.45) is 10.1 Å². The summed E-state index contributed by atoms with van der Waals surface area (Å²) in [5.41, 5.74) is 2.12. The predicted octanol–water partition coefficient (Wildman–Crippen LogP) is 3.24. The van der Waals surface area contributed by atoms with E-state index in [9.17, 15) is 19.7 Å². The third kappa shape index (κ3) is 4.57. The van der Waals surface area contributed by atoms with Gasteiger partial charge in [-0.05, 0) is 35.4 Å². The fraction of sp³-hybridized carbons (Fsp3) is 0.273. The van der Waals surface area contributed by atoms with Gasteiger partial charge in [0.05, 0.1) is 37.3 Å². The monoisotopic (exact) mass is 484 g/mol. The molecule has 176 valence electrons. The van der Waals surface area contributed by atoms with E-state index in [2.05, 4.69) is 10.1 Å². The summed E-state index contributed by atoms with van der Waals surface area (Å²) in [5, 5.41) is 25.9. The van der Waals surface area contributed by atoms with Gasteiger partial charge in [0.15, 0.2) is 16.7 Å². The average molecular weight is 484 g/mol. The molecule has 2 heterocycles. The Labute approximate surface area is 198 Å². The number of amides is 1. The third-order valence-corrected chi connectivity index (χ3v) is 6.54. The second-order valence-corrected chi connectivity index (χ2v) is 8.64. The maximum absolute atomic E-state index is 12.3. The SMILES string of the molecule is COc1ccc(C2CC(c3ccc([N+](=O)[O-])cc3)=NN2C2=NC(=O)C(CC(=O)O)S2)cc1OC. The first-order valence-corrected chi connectivity index (χ1v) is 11.0. The highest BCUT2D eigenvalue weighted by Gasteiger charge is 2.39. The zero-order chi connectivity index (χ0) is 24.4. The van der Waals surface area contributed by atoms with E-state index in [1.165, 1.54) is 26.4 Å². The molecule has 1 N–H and O–H groups in total. The minimum Gasteiger partial charge on any atom is -0.493 e. The third-order valence-electron chi connectivity index (χ3n) is 5.40. The Morgan fingerprint density at radius 1 is 1.21 bits per heavy atom. The van der Waals surface area contributed by atoms with Crippen molar-refractivity contribution in [3.8, 4) is 11.5 Å². The number of aliphatic imine (C=N–C) groups is 1. The van der Waals surface area contributed by atoms with Gasteiger partial charge >= 0.3 is 5.97 Å². The molecule has 0 saturated carbocycles. The molecule has 2 atom stereocenters. The molecule has 0 saturated heterocycles. The number of carboxylic acids is 1. The van der Waals surface area contributed by atoms with Crippen molar-refractivity contribution >= 4 is 40.2 Å². The number of hydrogen-bond donors (Lipinski definition) is 1. The number of carbonyl (C=O) groups excluding carboxylic acids is 1. The summed E-state index contributed by atoms with van der Waals surface area (Å²) < 4.78 is 10.7. The molecular weight excluding hydrogens is 464 g/mol. The molecule has 2 aromatic carbocycles. The molecule has 0 bridgehead atoms. The predicted molar refractivity (Wildman–Crippen MR) is 124 cm³/mol. The molecule has 0 spiro atoms. The van der Waals surface area contributed by atoms with E-state index >= 15 is 0 Å². The van der Waals surface area contributed by atoms with Crippen LogP contribution in [0.3, 0.4) is 0 Å². The number of hydrogen-bond acceptors (Lipinski definition) is 9. The lowest BCUT2D eigenvalue weighted by Crippen LogP contribution is -2.24. The summed E-state index contributed by atoms with van der Waals surface area (Å²) >= 11 is 1.06. The topological polar surface area (TPSA) is 144 Å². The Morgan fingerprint density at radius 2 is 1.91 bits per heavy atom. The largest absolute Gasteiger partial charge is 0.493 e. The number of nitrogens with zero attached hydrogens (tertiary/aromatic N) is 4. The lowest BCUT2D eigenvalue weighted by atomic mass is 9.98. The lowest BCUT2D eigenvalue weighted by molar-refractivity contribution is -0.384. The van der Waals surface area contributed by atoms with Crippen LogP contribution in [0.2, 0.25) is 0 Å². The summed E-state index contributed by atoms with van der Waals surface area (Å²) in [4.78, 5) is 38.0. The van der Waals surface area contributed by atoms with Crippen molar-refractivity contribution in [2.45, 2.75) is 24.1 Å². The maximum Gasteiger partial charge on any atom is 0.305 e. The van der Waals surface area contributed by atoms with Crippen molar-refractivity contribution in [1.82, 2.24) is 5.01 Å². The Kier molecular flexibility index (Phi) is 6.50. The number of hydrazone groups is 1. The molecule has 0 radical (unpaired) electrons. The Hall–Kier alpha value is -3.93. The van der Waals surface area contributed by atoms with Gasteiger partial charge < -0.3 is 14.6 Å². The molecule has 12 heteroatoms. The number of amidine groups is 1. The number of methoxy groups -OCH3 is 2. The fourth-order valence-corrected chi connectivity index (χ4v) is 4.77. The maximum atomic E-state index is 12.3. The number of non-ortho nitro benzene ring substituents is 1. The van der Waals surface area contributed by atoms with Crippen LogP contribution in [0.1, 0.15) is 30.0 Å². The number of carboxylic acid groups (broad SMARTS) is 1. The van der Waals surface area contributed by atoms with Gasteiger partial charge in [0, 0.05) is 18.6 Å². The van der Waals surface area contributed by atoms with Crippen molar-refractivity contribution in [2.75, 3.05) is 14.2 Å². The molecule has 2 aliphatic heterocycles. The van der Waals surface area contributed by atoms with E-state index in [0.717, 1.165) is 17.3 Å². The van der Waals surface area contributed by atoms with Crippen molar-refractivity contribution in [3.05, 3.63) is 63.7 Å². The first-order chi connectivity index (χ1) is 16.3. The zero-order valence-electron chi connectivity index (χ0n) is 18.2. The number of nitro groups is 1. The van der Waals surface area contributed by atoms with Gasteiger partial charge in [-0.15, -0.1) is 0 Å². The van der Waals surface area contributed by atoms with Gasteiger partial charge in [-0.1, -0.05) is 17.8 Å². The Bertz CT molecular complexity index is 1210. The van der Waals surface area contributed by atoms with Gasteiger partial charge in [0.1, 0.15) is 5.25 Å². The van der Waals surface area contributed by atoms with E-state index < -0.39 is 22.0 Å². The van der Waals surface area contributed by atoms with Crippen LogP contribution >= 0.6 is 11.8 Å². The van der Waals surface area contributed by atoms with E-state index in [1.54, 1.807) is 23.2 Å². The molecule has 1 amide bonds. The smallest absolute Gasteiger partial charge is 0.305 e. The number of benzene rings is 2. The van der Waals surface area contributed by atoms with Gasteiger partial charge in [-0.2, -0.15) is 10.1 Å². The van der Waals surface area contributed by atoms with Gasteiger partial charge in [0.25, 0.3) is 11.6 Å². The molecular formula is C22H20N4O7S. The van der Waals surface area contributed by atoms with Crippen LogP contribution < -0.4 is 9.47 Å². The summed E-state index contributed by atoms with van der Waals surface area (Å²) in [7, 11) is 3.06. The number of aliphatic carboxylic acids is 1. The lowest BCUT2D eigenvalue weighted by Gasteiger charge is -2.23. The van der Waals surface area contributed by atoms with E-state index in [4.69, 9.17) is 14.6 Å². The van der Waals surface area contributed by atoms with Crippen LogP contribution in [0, 0.1) is 10.1 Å². The molecule has 2 aromatic rings. The first kappa shape index (κ1) is 23.2. The van der Waals surface area contributed by atoms with E-state index in [1.807, 2.05) is 12.1 Å². The number of thioether (sulfide) groups is 1. The Morgan fingerprint density at radius 3 is 2.53 bits per heavy atom. The zero-order valence-corrected chi connectivity index (χ0v) is 19.0. The van der Waals surface area contributed by atoms with Gasteiger partial charge in [-0.25, -0.2) is 5.01 Å². The highest BCUT2D eigenvalue weighted by atomic mass is 32.2. The second-order valence-electron chi connectivity index (χ2n) is 7.47. The highest BCUT2D eigenvalue weighted by Crippen LogP contribution is 2.41. The number of rotatable bonds is 7. The fourth-order valence-electron chi connectivity index (χ4n) is 3.72. The van der Waals surface area contributed by atoms with Crippen LogP contribution in [0.15, 0.2) is 52.6 Å². The average Bonchev–Trinajstić information content (AvgIpc) is 3.42. The minimum absolute atomic E-state index is 0.0338. The minimum atomic E-state index is -1.09. The molecule has 34 heavy (non-hydrogen) atoms. The normalized spacial score (nSPS) is 19.6. The van der Waals surface area contributed by atoms with Crippen molar-refractivity contribution in [3.63, 3.8) is 0 Å². The first-order valence-electron chi connectivity index (χ1n) is 10.1. The van der Waals surface area contributed by atoms with Crippen molar-refractivity contribution in [1.29, 1.82) is 0 Å². The van der Waals surface area contributed by atoms with E-state index in [-0.39, 0.29) is 18.2 Å². The molecule has 0 fully saturated rings. The molecule has 2 unspecified atom stereocenters. The quantitative estimate of drug-likeness (QED) is 0.462. The van der Waals surface area contributed by atoms with Crippen LogP contribution in [-0.2, 0) is 9.59 Å². The number of nitro benzene ring substituents is 1. The van der Waals surface area contributed by atoms with E-state index in [0.29, 0.717) is 34.4 Å². The molecule has 0 aliphatic carbocycles. The summed E-state index contributed by atoms with van der Waals surface area (Å²) in [6, 6.07) is 11.1. The molecule has 2 aliphatic rings. The summed E-state index contributed by atoms with van der Waals surface area (Å²) in [6.07, 6.45) is 0.0783. The van der Waals surface area contributed by atoms with Crippen LogP contribution in [0.5, 0.6) is 11.5 Å². The Balaban J connectivity index is 1.70. The molecule has 11 nitrogen and oxygen atoms in total. The standard InChI is InChI=1S/C22H20N4O7S/c1-32-17-8-5-13(9-18(17)33-2)16-10-15(12-3-6-14(7-4-12)26(30)31)24-25(16)22-23-21(29)19(34-22)11-20(27)28/h3-9,16,19H,10-11H2,1-2H3,(H,27,28). The van der Waals surface area contributed by atoms with Gasteiger partial charge in [-0.3, -0.25) is 19.7 Å². The number of carbonyl (C=O) groups is 2. The number of ether oxygens (including phenoxy) is 2. The van der Waals surface area contributed by atoms with Gasteiger partial charge in [0.2, 0.25) is 0 Å².